The first-order chi connectivity index (χ1) is 11.8. The molecule has 0 bridgehead atoms. The van der Waals surface area contributed by atoms with Crippen LogP contribution in [0.15, 0.2) is 42.5 Å². The van der Waals surface area contributed by atoms with Crippen LogP contribution in [-0.2, 0) is 11.3 Å². The van der Waals surface area contributed by atoms with Crippen molar-refractivity contribution >= 4 is 40.5 Å². The van der Waals surface area contributed by atoms with E-state index in [2.05, 4.69) is 5.32 Å². The highest BCUT2D eigenvalue weighted by Gasteiger charge is 2.22. The van der Waals surface area contributed by atoms with E-state index in [-0.39, 0.29) is 18.1 Å². The van der Waals surface area contributed by atoms with Crippen LogP contribution in [0.2, 0.25) is 10.0 Å². The van der Waals surface area contributed by atoms with Crippen molar-refractivity contribution < 1.29 is 9.72 Å². The number of hydrogen-bond acceptors (Lipinski definition) is 4. The molecule has 0 saturated heterocycles. The maximum atomic E-state index is 12.4. The largest absolute Gasteiger partial charge is 0.323 e. The van der Waals surface area contributed by atoms with E-state index in [1.807, 2.05) is 0 Å². The average Bonchev–Trinajstić information content (AvgIpc) is 2.57. The standard InChI is InChI=1S/C17H17Cl2N3O3/c1-11(17(23)20-15-9-13(18)7-8-14(15)19)21(2)10-12-5-3-4-6-16(12)22(24)25/h3-9,11H,10H2,1-2H3,(H,20,23). The molecule has 1 unspecified atom stereocenters. The van der Waals surface area contributed by atoms with Gasteiger partial charge in [0.1, 0.15) is 0 Å². The van der Waals surface area contributed by atoms with Crippen LogP contribution in [0.25, 0.3) is 0 Å². The molecule has 0 aromatic heterocycles. The highest BCUT2D eigenvalue weighted by Crippen LogP contribution is 2.26. The Bertz CT molecular complexity index is 798. The van der Waals surface area contributed by atoms with E-state index in [1.54, 1.807) is 55.3 Å². The Labute approximate surface area is 155 Å². The van der Waals surface area contributed by atoms with Gasteiger partial charge in [-0.2, -0.15) is 0 Å². The van der Waals surface area contributed by atoms with Crippen molar-refractivity contribution in [3.8, 4) is 0 Å². The van der Waals surface area contributed by atoms with Crippen LogP contribution in [0, 0.1) is 10.1 Å². The summed E-state index contributed by atoms with van der Waals surface area (Å²) in [6, 6.07) is 10.7. The molecule has 132 valence electrons. The van der Waals surface area contributed by atoms with Crippen LogP contribution < -0.4 is 5.32 Å². The van der Waals surface area contributed by atoms with E-state index in [9.17, 15) is 14.9 Å². The van der Waals surface area contributed by atoms with Crippen molar-refractivity contribution in [3.63, 3.8) is 0 Å². The highest BCUT2D eigenvalue weighted by atomic mass is 35.5. The molecule has 0 aliphatic heterocycles. The van der Waals surface area contributed by atoms with Gasteiger partial charge in [0.05, 0.1) is 21.7 Å². The molecule has 2 aromatic carbocycles. The number of benzene rings is 2. The van der Waals surface area contributed by atoms with Gasteiger partial charge >= 0.3 is 0 Å². The Morgan fingerprint density at radius 2 is 1.96 bits per heavy atom. The molecule has 1 N–H and O–H groups in total. The van der Waals surface area contributed by atoms with Gasteiger partial charge in [0.15, 0.2) is 0 Å². The third-order valence-corrected chi connectivity index (χ3v) is 4.40. The van der Waals surface area contributed by atoms with Crippen molar-refractivity contribution in [2.75, 3.05) is 12.4 Å². The molecule has 2 aromatic rings. The zero-order valence-electron chi connectivity index (χ0n) is 13.7. The fraction of sp³-hybridized carbons (Fsp3) is 0.235. The number of anilines is 1. The SMILES string of the molecule is CC(C(=O)Nc1cc(Cl)ccc1Cl)N(C)Cc1ccccc1[N+](=O)[O-]. The fourth-order valence-electron chi connectivity index (χ4n) is 2.26. The number of nitrogens with zero attached hydrogens (tertiary/aromatic N) is 2. The van der Waals surface area contributed by atoms with Crippen molar-refractivity contribution in [3.05, 3.63) is 68.2 Å². The number of halogens is 2. The van der Waals surface area contributed by atoms with Gasteiger partial charge < -0.3 is 5.32 Å². The number of amides is 1. The maximum Gasteiger partial charge on any atom is 0.273 e. The summed E-state index contributed by atoms with van der Waals surface area (Å²) >= 11 is 12.0. The Kier molecular flexibility index (Phi) is 6.36. The second-order valence-corrected chi connectivity index (χ2v) is 6.43. The number of carbonyl (C=O) groups excluding carboxylic acids is 1. The van der Waals surface area contributed by atoms with Gasteiger partial charge in [-0.25, -0.2) is 0 Å². The lowest BCUT2D eigenvalue weighted by Crippen LogP contribution is -2.39. The second-order valence-electron chi connectivity index (χ2n) is 5.59. The molecule has 0 radical (unpaired) electrons. The first-order valence-electron chi connectivity index (χ1n) is 7.48. The van der Waals surface area contributed by atoms with Gasteiger partial charge in [0.25, 0.3) is 5.69 Å². The number of likely N-dealkylation sites (N-methyl/N-ethyl adjacent to an activating group) is 1. The number of rotatable bonds is 6. The zero-order chi connectivity index (χ0) is 18.6. The topological polar surface area (TPSA) is 75.5 Å². The minimum absolute atomic E-state index is 0.0276. The third-order valence-electron chi connectivity index (χ3n) is 3.83. The summed E-state index contributed by atoms with van der Waals surface area (Å²) in [5.41, 5.74) is 0.986. The van der Waals surface area contributed by atoms with Crippen molar-refractivity contribution in [1.82, 2.24) is 4.90 Å². The Morgan fingerprint density at radius 1 is 1.28 bits per heavy atom. The van der Waals surface area contributed by atoms with Gasteiger partial charge in [-0.15, -0.1) is 0 Å². The first kappa shape index (κ1) is 19.2. The van der Waals surface area contributed by atoms with E-state index in [1.165, 1.54) is 6.07 Å². The number of para-hydroxylation sites is 1. The van der Waals surface area contributed by atoms with E-state index in [0.29, 0.717) is 21.3 Å². The molecule has 0 aliphatic carbocycles. The Morgan fingerprint density at radius 3 is 2.64 bits per heavy atom. The number of carbonyl (C=O) groups is 1. The highest BCUT2D eigenvalue weighted by molar-refractivity contribution is 6.35. The summed E-state index contributed by atoms with van der Waals surface area (Å²) in [5.74, 6) is -0.287. The molecule has 0 spiro atoms. The predicted octanol–water partition coefficient (Wildman–Crippen LogP) is 4.36. The minimum Gasteiger partial charge on any atom is -0.323 e. The summed E-state index contributed by atoms with van der Waals surface area (Å²) in [5, 5.41) is 14.7. The average molecular weight is 382 g/mol. The van der Waals surface area contributed by atoms with Crippen LogP contribution in [-0.4, -0.2) is 28.8 Å². The summed E-state index contributed by atoms with van der Waals surface area (Å²) in [7, 11) is 1.72. The smallest absolute Gasteiger partial charge is 0.273 e. The Hall–Kier alpha value is -2.15. The van der Waals surface area contributed by atoms with Crippen LogP contribution in [0.1, 0.15) is 12.5 Å². The lowest BCUT2D eigenvalue weighted by Gasteiger charge is -2.24. The van der Waals surface area contributed by atoms with Crippen LogP contribution in [0.3, 0.4) is 0 Å². The van der Waals surface area contributed by atoms with E-state index < -0.39 is 11.0 Å². The fourth-order valence-corrected chi connectivity index (χ4v) is 2.60. The monoisotopic (exact) mass is 381 g/mol. The molecule has 25 heavy (non-hydrogen) atoms. The van der Waals surface area contributed by atoms with Crippen molar-refractivity contribution in [1.29, 1.82) is 0 Å². The molecule has 1 amide bonds. The molecule has 0 fully saturated rings. The minimum atomic E-state index is -0.533. The van der Waals surface area contributed by atoms with E-state index in [0.717, 1.165) is 0 Å². The summed E-state index contributed by atoms with van der Waals surface area (Å²) < 4.78 is 0. The quantitative estimate of drug-likeness (QED) is 0.595. The number of hydrogen-bond donors (Lipinski definition) is 1. The molecule has 0 saturated carbocycles. The molecular weight excluding hydrogens is 365 g/mol. The molecular formula is C17H17Cl2N3O3. The third kappa shape index (κ3) is 4.92. The summed E-state index contributed by atoms with van der Waals surface area (Å²) in [6.45, 7) is 1.97. The van der Waals surface area contributed by atoms with E-state index >= 15 is 0 Å². The molecule has 6 nitrogen and oxygen atoms in total. The van der Waals surface area contributed by atoms with Crippen LogP contribution in [0.4, 0.5) is 11.4 Å². The van der Waals surface area contributed by atoms with Crippen molar-refractivity contribution in [2.24, 2.45) is 0 Å². The van der Waals surface area contributed by atoms with Gasteiger partial charge in [-0.05, 0) is 32.2 Å². The molecule has 1 atom stereocenters. The maximum absolute atomic E-state index is 12.4. The summed E-state index contributed by atoms with van der Waals surface area (Å²) in [4.78, 5) is 24.8. The van der Waals surface area contributed by atoms with Gasteiger partial charge in [0.2, 0.25) is 5.91 Å². The summed E-state index contributed by atoms with van der Waals surface area (Å²) in [6.07, 6.45) is 0. The van der Waals surface area contributed by atoms with Gasteiger partial charge in [0, 0.05) is 23.2 Å². The first-order valence-corrected chi connectivity index (χ1v) is 8.23. The molecule has 2 rings (SSSR count). The van der Waals surface area contributed by atoms with Gasteiger partial charge in [-0.3, -0.25) is 19.8 Å². The second kappa shape index (κ2) is 8.29. The number of nitro benzene ring substituents is 1. The number of nitro groups is 1. The normalized spacial score (nSPS) is 12.0. The van der Waals surface area contributed by atoms with Crippen molar-refractivity contribution in [2.45, 2.75) is 19.5 Å². The van der Waals surface area contributed by atoms with Crippen LogP contribution >= 0.6 is 23.2 Å². The molecule has 8 heteroatoms. The van der Waals surface area contributed by atoms with Gasteiger partial charge in [-0.1, -0.05) is 41.4 Å². The number of nitrogens with one attached hydrogen (secondary N) is 1. The zero-order valence-corrected chi connectivity index (χ0v) is 15.2. The molecule has 0 aliphatic rings. The predicted molar refractivity (Wildman–Crippen MR) is 99.1 cm³/mol. The lowest BCUT2D eigenvalue weighted by atomic mass is 10.1. The molecule has 0 heterocycles. The van der Waals surface area contributed by atoms with Crippen LogP contribution in [0.5, 0.6) is 0 Å². The Balaban J connectivity index is 2.09. The lowest BCUT2D eigenvalue weighted by molar-refractivity contribution is -0.385. The van der Waals surface area contributed by atoms with E-state index in [4.69, 9.17) is 23.2 Å².